The third-order valence-corrected chi connectivity index (χ3v) is 6.31. The number of rotatable bonds is 3. The van der Waals surface area contributed by atoms with Gasteiger partial charge >= 0.3 is 6.18 Å². The minimum atomic E-state index is -4.46. The van der Waals surface area contributed by atoms with Crippen molar-refractivity contribution in [2.75, 3.05) is 13.1 Å². The molecule has 3 heterocycles. The molecule has 6 nitrogen and oxygen atoms in total. The molecule has 0 amide bonds. The maximum Gasteiger partial charge on any atom is 0.451 e. The van der Waals surface area contributed by atoms with E-state index in [0.717, 1.165) is 31.4 Å². The third-order valence-electron chi connectivity index (χ3n) is 6.31. The van der Waals surface area contributed by atoms with E-state index in [4.69, 9.17) is 5.73 Å². The molecular formula is C19H27Cl2F3N6. The molecule has 11 heteroatoms. The van der Waals surface area contributed by atoms with Crippen LogP contribution in [0.5, 0.6) is 0 Å². The van der Waals surface area contributed by atoms with Crippen LogP contribution in [0.1, 0.15) is 48.6 Å². The van der Waals surface area contributed by atoms with Crippen LogP contribution in [-0.4, -0.2) is 43.8 Å². The standard InChI is InChI=1S/C19H25F3N6.2ClH/c1-13-4-7-24-15(10-13)18(12-23)5-2-14(3-6-18)27-8-9-28-16(11-27)25-26-17(28)19(20,21)22;;/h4,7,10,14H,2-3,5-6,8-9,11-12,23H2,1H3;2*1H. The Labute approximate surface area is 186 Å². The van der Waals surface area contributed by atoms with Gasteiger partial charge in [0.15, 0.2) is 0 Å². The van der Waals surface area contributed by atoms with E-state index in [1.807, 2.05) is 12.3 Å². The van der Waals surface area contributed by atoms with Crippen LogP contribution in [0, 0.1) is 6.92 Å². The SMILES string of the molecule is Cc1ccnc(C2(CN)CCC(N3CCn4c(nnc4C(F)(F)F)C3)CC2)c1.Cl.Cl. The predicted molar refractivity (Wildman–Crippen MR) is 112 cm³/mol. The number of alkyl halides is 3. The van der Waals surface area contributed by atoms with Gasteiger partial charge in [0, 0.05) is 43.0 Å². The van der Waals surface area contributed by atoms with Gasteiger partial charge in [-0.25, -0.2) is 0 Å². The number of halogens is 5. The van der Waals surface area contributed by atoms with Crippen LogP contribution < -0.4 is 5.73 Å². The monoisotopic (exact) mass is 466 g/mol. The summed E-state index contributed by atoms with van der Waals surface area (Å²) in [4.78, 5) is 6.82. The van der Waals surface area contributed by atoms with Crippen LogP contribution >= 0.6 is 24.8 Å². The van der Waals surface area contributed by atoms with Gasteiger partial charge < -0.3 is 10.3 Å². The molecule has 168 valence electrons. The van der Waals surface area contributed by atoms with Gasteiger partial charge in [0.05, 0.1) is 6.54 Å². The van der Waals surface area contributed by atoms with Crippen LogP contribution in [0.25, 0.3) is 0 Å². The molecule has 0 radical (unpaired) electrons. The molecule has 0 saturated heterocycles. The number of fused-ring (bicyclic) bond motifs is 1. The zero-order valence-corrected chi connectivity index (χ0v) is 18.4. The molecule has 2 aromatic heterocycles. The zero-order chi connectivity index (χ0) is 19.9. The smallest absolute Gasteiger partial charge is 0.330 e. The molecule has 2 aromatic rings. The molecule has 0 spiro atoms. The molecule has 0 bridgehead atoms. The number of aromatic nitrogens is 4. The summed E-state index contributed by atoms with van der Waals surface area (Å²) in [7, 11) is 0. The lowest BCUT2D eigenvalue weighted by Gasteiger charge is -2.43. The molecule has 1 saturated carbocycles. The van der Waals surface area contributed by atoms with Crippen molar-refractivity contribution in [3.8, 4) is 0 Å². The second-order valence-electron chi connectivity index (χ2n) is 7.99. The highest BCUT2D eigenvalue weighted by molar-refractivity contribution is 5.85. The topological polar surface area (TPSA) is 72.9 Å². The van der Waals surface area contributed by atoms with Gasteiger partial charge in [-0.15, -0.1) is 35.0 Å². The van der Waals surface area contributed by atoms with Crippen LogP contribution in [0.15, 0.2) is 18.3 Å². The second kappa shape index (κ2) is 9.38. The average Bonchev–Trinajstić information content (AvgIpc) is 3.12. The van der Waals surface area contributed by atoms with Crippen LogP contribution in [0.2, 0.25) is 0 Å². The molecule has 2 N–H and O–H groups in total. The summed E-state index contributed by atoms with van der Waals surface area (Å²) in [5.41, 5.74) is 8.29. The molecule has 1 aliphatic heterocycles. The third kappa shape index (κ3) is 4.59. The maximum absolute atomic E-state index is 13.0. The maximum atomic E-state index is 13.0. The van der Waals surface area contributed by atoms with Gasteiger partial charge in [-0.2, -0.15) is 13.2 Å². The van der Waals surface area contributed by atoms with E-state index in [9.17, 15) is 13.2 Å². The Morgan fingerprint density at radius 2 is 1.87 bits per heavy atom. The quantitative estimate of drug-likeness (QED) is 0.749. The van der Waals surface area contributed by atoms with Crippen molar-refractivity contribution in [3.63, 3.8) is 0 Å². The minimum Gasteiger partial charge on any atom is -0.330 e. The predicted octanol–water partition coefficient (Wildman–Crippen LogP) is 3.50. The number of aryl methyl sites for hydroxylation is 1. The Morgan fingerprint density at radius 3 is 2.47 bits per heavy atom. The number of hydrogen-bond acceptors (Lipinski definition) is 5. The molecule has 0 unspecified atom stereocenters. The molecule has 1 fully saturated rings. The highest BCUT2D eigenvalue weighted by atomic mass is 35.5. The summed E-state index contributed by atoms with van der Waals surface area (Å²) in [5.74, 6) is -0.493. The van der Waals surface area contributed by atoms with Crippen molar-refractivity contribution in [2.24, 2.45) is 5.73 Å². The first kappa shape index (κ1) is 24.8. The molecular weight excluding hydrogens is 440 g/mol. The Kier molecular flexibility index (Phi) is 7.77. The Hall–Kier alpha value is -1.42. The molecule has 30 heavy (non-hydrogen) atoms. The van der Waals surface area contributed by atoms with E-state index in [1.54, 1.807) is 0 Å². The van der Waals surface area contributed by atoms with Crippen molar-refractivity contribution in [1.29, 1.82) is 0 Å². The highest BCUT2D eigenvalue weighted by Crippen LogP contribution is 2.40. The largest absolute Gasteiger partial charge is 0.451 e. The number of pyridine rings is 1. The first-order valence-electron chi connectivity index (χ1n) is 9.69. The van der Waals surface area contributed by atoms with E-state index in [0.29, 0.717) is 31.5 Å². The van der Waals surface area contributed by atoms with Crippen molar-refractivity contribution in [3.05, 3.63) is 41.2 Å². The second-order valence-corrected chi connectivity index (χ2v) is 7.99. The van der Waals surface area contributed by atoms with Crippen molar-refractivity contribution >= 4 is 24.8 Å². The molecule has 4 rings (SSSR count). The zero-order valence-electron chi connectivity index (χ0n) is 16.7. The minimum absolute atomic E-state index is 0. The Balaban J connectivity index is 0.00000160. The van der Waals surface area contributed by atoms with Crippen LogP contribution in [-0.2, 0) is 24.7 Å². The lowest BCUT2D eigenvalue weighted by atomic mass is 9.69. The molecule has 0 atom stereocenters. The van der Waals surface area contributed by atoms with Gasteiger partial charge in [-0.05, 0) is 50.3 Å². The first-order chi connectivity index (χ1) is 13.3. The average molecular weight is 467 g/mol. The first-order valence-corrected chi connectivity index (χ1v) is 9.69. The summed E-state index contributed by atoms with van der Waals surface area (Å²) >= 11 is 0. The molecule has 2 aliphatic rings. The number of nitrogens with zero attached hydrogens (tertiary/aromatic N) is 5. The van der Waals surface area contributed by atoms with Crippen molar-refractivity contribution in [1.82, 2.24) is 24.6 Å². The lowest BCUT2D eigenvalue weighted by Crippen LogP contribution is -2.48. The summed E-state index contributed by atoms with van der Waals surface area (Å²) < 4.78 is 40.3. The van der Waals surface area contributed by atoms with E-state index in [1.165, 1.54) is 10.1 Å². The van der Waals surface area contributed by atoms with Crippen molar-refractivity contribution in [2.45, 2.75) is 63.3 Å². The fraction of sp³-hybridized carbons (Fsp3) is 0.632. The summed E-state index contributed by atoms with van der Waals surface area (Å²) in [6.45, 7) is 3.87. The van der Waals surface area contributed by atoms with E-state index in [-0.39, 0.29) is 36.8 Å². The highest BCUT2D eigenvalue weighted by Gasteiger charge is 2.42. The van der Waals surface area contributed by atoms with Crippen molar-refractivity contribution < 1.29 is 13.2 Å². The van der Waals surface area contributed by atoms with Gasteiger partial charge in [0.25, 0.3) is 0 Å². The Morgan fingerprint density at radius 1 is 1.17 bits per heavy atom. The van der Waals surface area contributed by atoms with Gasteiger partial charge in [-0.3, -0.25) is 9.88 Å². The van der Waals surface area contributed by atoms with Crippen LogP contribution in [0.4, 0.5) is 13.2 Å². The Bertz CT molecular complexity index is 849. The number of nitrogens with two attached hydrogens (primary N) is 1. The molecule has 0 aromatic carbocycles. The molecule has 1 aliphatic carbocycles. The summed E-state index contributed by atoms with van der Waals surface area (Å²) in [5, 5.41) is 7.16. The summed E-state index contributed by atoms with van der Waals surface area (Å²) in [6, 6.07) is 4.43. The number of hydrogen-bond donors (Lipinski definition) is 1. The van der Waals surface area contributed by atoms with E-state index < -0.39 is 12.0 Å². The fourth-order valence-electron chi connectivity index (χ4n) is 4.61. The summed E-state index contributed by atoms with van der Waals surface area (Å²) in [6.07, 6.45) is 1.15. The van der Waals surface area contributed by atoms with Gasteiger partial charge in [0.2, 0.25) is 5.82 Å². The normalized spacial score (nSPS) is 24.5. The van der Waals surface area contributed by atoms with Crippen LogP contribution in [0.3, 0.4) is 0 Å². The van der Waals surface area contributed by atoms with Gasteiger partial charge in [0.1, 0.15) is 5.82 Å². The fourth-order valence-corrected chi connectivity index (χ4v) is 4.61. The van der Waals surface area contributed by atoms with E-state index in [2.05, 4.69) is 33.1 Å². The van der Waals surface area contributed by atoms with Gasteiger partial charge in [-0.1, -0.05) is 0 Å². The van der Waals surface area contributed by atoms with E-state index >= 15 is 0 Å². The lowest BCUT2D eigenvalue weighted by molar-refractivity contribution is -0.148.